The predicted octanol–water partition coefficient (Wildman–Crippen LogP) is 1.40. The molecule has 0 atom stereocenters. The number of hydrogen-bond donors (Lipinski definition) is 1. The molecule has 3 heteroatoms. The Bertz CT molecular complexity index is 206. The van der Waals surface area contributed by atoms with E-state index in [4.69, 9.17) is 5.73 Å². The van der Waals surface area contributed by atoms with Gasteiger partial charge in [0, 0.05) is 23.4 Å². The molecule has 0 aromatic rings. The van der Waals surface area contributed by atoms with Crippen molar-refractivity contribution >= 4 is 15.9 Å². The first-order valence-electron chi connectivity index (χ1n) is 3.14. The summed E-state index contributed by atoms with van der Waals surface area (Å²) in [6, 6.07) is 0. The van der Waals surface area contributed by atoms with Crippen molar-refractivity contribution in [1.82, 2.24) is 4.90 Å². The van der Waals surface area contributed by atoms with E-state index in [2.05, 4.69) is 15.9 Å². The van der Waals surface area contributed by atoms with Gasteiger partial charge in [0.25, 0.3) is 0 Å². The van der Waals surface area contributed by atoms with E-state index in [1.54, 1.807) is 0 Å². The maximum absolute atomic E-state index is 5.73. The first-order valence-corrected chi connectivity index (χ1v) is 3.93. The number of hydrogen-bond acceptors (Lipinski definition) is 2. The van der Waals surface area contributed by atoms with Gasteiger partial charge in [0.05, 0.1) is 6.54 Å². The van der Waals surface area contributed by atoms with Crippen LogP contribution < -0.4 is 5.73 Å². The van der Waals surface area contributed by atoms with Gasteiger partial charge in [0.1, 0.15) is 0 Å². The SMILES string of the molecule is CC1=C(N)CN(C)C=C1Br. The Balaban J connectivity index is 2.90. The van der Waals surface area contributed by atoms with Crippen molar-refractivity contribution in [2.75, 3.05) is 13.6 Å². The molecular formula is C7H11BrN2. The van der Waals surface area contributed by atoms with Gasteiger partial charge >= 0.3 is 0 Å². The lowest BCUT2D eigenvalue weighted by molar-refractivity contribution is 0.484. The van der Waals surface area contributed by atoms with Crippen molar-refractivity contribution in [3.8, 4) is 0 Å². The second kappa shape index (κ2) is 2.66. The summed E-state index contributed by atoms with van der Waals surface area (Å²) >= 11 is 3.42. The topological polar surface area (TPSA) is 29.3 Å². The van der Waals surface area contributed by atoms with E-state index in [0.717, 1.165) is 22.3 Å². The van der Waals surface area contributed by atoms with E-state index in [1.165, 1.54) is 0 Å². The molecule has 0 radical (unpaired) electrons. The van der Waals surface area contributed by atoms with Crippen molar-refractivity contribution in [1.29, 1.82) is 0 Å². The van der Waals surface area contributed by atoms with E-state index in [-0.39, 0.29) is 0 Å². The lowest BCUT2D eigenvalue weighted by atomic mass is 10.2. The Morgan fingerprint density at radius 3 is 2.80 bits per heavy atom. The van der Waals surface area contributed by atoms with Gasteiger partial charge in [0.15, 0.2) is 0 Å². The number of halogens is 1. The van der Waals surface area contributed by atoms with Gasteiger partial charge in [0.2, 0.25) is 0 Å². The monoisotopic (exact) mass is 202 g/mol. The van der Waals surface area contributed by atoms with Crippen molar-refractivity contribution in [2.45, 2.75) is 6.92 Å². The minimum absolute atomic E-state index is 0.834. The van der Waals surface area contributed by atoms with Crippen molar-refractivity contribution in [2.24, 2.45) is 5.73 Å². The normalized spacial score (nSPS) is 19.5. The molecule has 2 nitrogen and oxygen atoms in total. The smallest absolute Gasteiger partial charge is 0.0569 e. The average molecular weight is 203 g/mol. The summed E-state index contributed by atoms with van der Waals surface area (Å²) in [6.07, 6.45) is 2.03. The maximum atomic E-state index is 5.73. The van der Waals surface area contributed by atoms with Crippen LogP contribution in [-0.4, -0.2) is 18.5 Å². The number of nitrogens with zero attached hydrogens (tertiary/aromatic N) is 1. The van der Waals surface area contributed by atoms with Crippen molar-refractivity contribution < 1.29 is 0 Å². The van der Waals surface area contributed by atoms with Gasteiger partial charge in [-0.1, -0.05) is 0 Å². The Kier molecular flexibility index (Phi) is 2.04. The highest BCUT2D eigenvalue weighted by atomic mass is 79.9. The molecule has 10 heavy (non-hydrogen) atoms. The first-order chi connectivity index (χ1) is 4.61. The zero-order valence-corrected chi connectivity index (χ0v) is 7.77. The largest absolute Gasteiger partial charge is 0.400 e. The molecule has 0 fully saturated rings. The summed E-state index contributed by atoms with van der Waals surface area (Å²) in [5.41, 5.74) is 7.82. The van der Waals surface area contributed by atoms with Gasteiger partial charge in [-0.2, -0.15) is 0 Å². The predicted molar refractivity (Wildman–Crippen MR) is 46.5 cm³/mol. The molecule has 1 aliphatic heterocycles. The second-order valence-corrected chi connectivity index (χ2v) is 3.40. The van der Waals surface area contributed by atoms with Crippen LogP contribution in [0, 0.1) is 0 Å². The minimum Gasteiger partial charge on any atom is -0.400 e. The van der Waals surface area contributed by atoms with Crippen LogP contribution in [0.25, 0.3) is 0 Å². The standard InChI is InChI=1S/C7H11BrN2/c1-5-6(8)3-10(2)4-7(5)9/h3H,4,9H2,1-2H3. The number of rotatable bonds is 0. The Morgan fingerprint density at radius 2 is 2.30 bits per heavy atom. The number of nitrogens with two attached hydrogens (primary N) is 1. The van der Waals surface area contributed by atoms with Crippen LogP contribution in [0.15, 0.2) is 22.0 Å². The third-order valence-electron chi connectivity index (χ3n) is 1.59. The fourth-order valence-electron chi connectivity index (χ4n) is 0.877. The minimum atomic E-state index is 0.834. The fraction of sp³-hybridized carbons (Fsp3) is 0.429. The third kappa shape index (κ3) is 1.34. The van der Waals surface area contributed by atoms with Crippen LogP contribution in [0.1, 0.15) is 6.92 Å². The van der Waals surface area contributed by atoms with E-state index in [9.17, 15) is 0 Å². The molecule has 0 amide bonds. The molecule has 2 N–H and O–H groups in total. The van der Waals surface area contributed by atoms with Crippen LogP contribution in [-0.2, 0) is 0 Å². The number of likely N-dealkylation sites (N-methyl/N-ethyl adjacent to an activating group) is 1. The zero-order chi connectivity index (χ0) is 7.72. The summed E-state index contributed by atoms with van der Waals surface area (Å²) < 4.78 is 1.08. The summed E-state index contributed by atoms with van der Waals surface area (Å²) in [5, 5.41) is 0. The number of allylic oxidation sites excluding steroid dienone is 2. The van der Waals surface area contributed by atoms with Gasteiger partial charge in [-0.05, 0) is 28.4 Å². The van der Waals surface area contributed by atoms with Gasteiger partial charge < -0.3 is 10.6 Å². The molecule has 0 aromatic carbocycles. The fourth-order valence-corrected chi connectivity index (χ4v) is 1.48. The van der Waals surface area contributed by atoms with Gasteiger partial charge in [-0.3, -0.25) is 0 Å². The summed E-state index contributed by atoms with van der Waals surface area (Å²) in [7, 11) is 2.00. The molecular weight excluding hydrogens is 192 g/mol. The molecule has 0 saturated heterocycles. The zero-order valence-electron chi connectivity index (χ0n) is 6.19. The quantitative estimate of drug-likeness (QED) is 0.644. The van der Waals surface area contributed by atoms with E-state index < -0.39 is 0 Å². The van der Waals surface area contributed by atoms with E-state index in [1.807, 2.05) is 25.1 Å². The molecule has 1 heterocycles. The molecule has 1 rings (SSSR count). The summed E-state index contributed by atoms with van der Waals surface area (Å²) in [5.74, 6) is 0. The highest BCUT2D eigenvalue weighted by Crippen LogP contribution is 2.22. The molecule has 0 unspecified atom stereocenters. The van der Waals surface area contributed by atoms with Crippen LogP contribution in [0.3, 0.4) is 0 Å². The van der Waals surface area contributed by atoms with Crippen LogP contribution >= 0.6 is 15.9 Å². The lowest BCUT2D eigenvalue weighted by Gasteiger charge is -2.21. The highest BCUT2D eigenvalue weighted by Gasteiger charge is 2.09. The second-order valence-electron chi connectivity index (χ2n) is 2.54. The Hall–Kier alpha value is -0.440. The van der Waals surface area contributed by atoms with Crippen LogP contribution in [0.4, 0.5) is 0 Å². The summed E-state index contributed by atoms with van der Waals surface area (Å²) in [6.45, 7) is 2.85. The van der Waals surface area contributed by atoms with Crippen molar-refractivity contribution in [3.63, 3.8) is 0 Å². The molecule has 1 aliphatic rings. The Morgan fingerprint density at radius 1 is 1.70 bits per heavy atom. The van der Waals surface area contributed by atoms with Crippen LogP contribution in [0.2, 0.25) is 0 Å². The molecule has 56 valence electrons. The Labute approximate surface area is 69.5 Å². The molecule has 0 aliphatic carbocycles. The molecule has 0 spiro atoms. The van der Waals surface area contributed by atoms with Gasteiger partial charge in [-0.25, -0.2) is 0 Å². The highest BCUT2D eigenvalue weighted by molar-refractivity contribution is 9.12. The third-order valence-corrected chi connectivity index (χ3v) is 2.39. The van der Waals surface area contributed by atoms with E-state index >= 15 is 0 Å². The van der Waals surface area contributed by atoms with Crippen molar-refractivity contribution in [3.05, 3.63) is 22.0 Å². The first kappa shape index (κ1) is 7.66. The lowest BCUT2D eigenvalue weighted by Crippen LogP contribution is -2.23. The van der Waals surface area contributed by atoms with E-state index in [0.29, 0.717) is 0 Å². The molecule has 0 saturated carbocycles. The van der Waals surface area contributed by atoms with Crippen LogP contribution in [0.5, 0.6) is 0 Å². The maximum Gasteiger partial charge on any atom is 0.0569 e. The van der Waals surface area contributed by atoms with Gasteiger partial charge in [-0.15, -0.1) is 0 Å². The summed E-state index contributed by atoms with van der Waals surface area (Å²) in [4.78, 5) is 2.05. The average Bonchev–Trinajstić information content (AvgIpc) is 1.82. The molecule has 0 aromatic heterocycles. The molecule has 0 bridgehead atoms.